The molecule has 5 aromatic rings. The number of pyridine rings is 1. The minimum absolute atomic E-state index is 0.0177. The molecule has 2 heterocycles. The van der Waals surface area contributed by atoms with E-state index in [0.717, 1.165) is 21.8 Å². The van der Waals surface area contributed by atoms with Crippen LogP contribution in [0.4, 0.5) is 11.6 Å². The minimum atomic E-state index is -3.86. The van der Waals surface area contributed by atoms with Crippen LogP contribution in [0.25, 0.3) is 21.8 Å². The van der Waals surface area contributed by atoms with Crippen LogP contribution >= 0.6 is 0 Å². The zero-order valence-electron chi connectivity index (χ0n) is 18.1. The lowest BCUT2D eigenvalue weighted by molar-refractivity contribution is -0.617. The van der Waals surface area contributed by atoms with Crippen molar-refractivity contribution in [3.63, 3.8) is 0 Å². The van der Waals surface area contributed by atoms with Gasteiger partial charge in [-0.05, 0) is 42.5 Å². The van der Waals surface area contributed by atoms with Gasteiger partial charge in [0.25, 0.3) is 15.9 Å². The Kier molecular flexibility index (Phi) is 5.39. The Hall–Kier alpha value is -4.37. The van der Waals surface area contributed by atoms with E-state index >= 15 is 0 Å². The Bertz CT molecular complexity index is 1580. The molecule has 0 atom stereocenters. The van der Waals surface area contributed by atoms with E-state index in [1.165, 1.54) is 24.5 Å². The molecule has 9 heteroatoms. The smallest absolute Gasteiger partial charge is 0.264 e. The highest BCUT2D eigenvalue weighted by Crippen LogP contribution is 2.26. The molecule has 3 aromatic carbocycles. The number of aryl methyl sites for hydroxylation is 1. The van der Waals surface area contributed by atoms with E-state index in [2.05, 4.69) is 24.6 Å². The van der Waals surface area contributed by atoms with Gasteiger partial charge in [-0.15, -0.1) is 0 Å². The zero-order chi connectivity index (χ0) is 23.7. The van der Waals surface area contributed by atoms with Crippen LogP contribution in [0.1, 0.15) is 10.4 Å². The van der Waals surface area contributed by atoms with Gasteiger partial charge in [-0.25, -0.2) is 23.1 Å². The minimum Gasteiger partial charge on any atom is -0.322 e. The van der Waals surface area contributed by atoms with Crippen LogP contribution in [0.15, 0.2) is 96.2 Å². The molecule has 0 saturated heterocycles. The summed E-state index contributed by atoms with van der Waals surface area (Å²) in [6.45, 7) is 0. The molecule has 0 aliphatic carbocycles. The molecule has 0 bridgehead atoms. The van der Waals surface area contributed by atoms with E-state index in [1.807, 2.05) is 55.6 Å². The number of fused-ring (bicyclic) bond motifs is 2. The van der Waals surface area contributed by atoms with E-state index in [4.69, 9.17) is 0 Å². The third-order valence-electron chi connectivity index (χ3n) is 5.51. The molecule has 8 nitrogen and oxygen atoms in total. The van der Waals surface area contributed by atoms with Crippen LogP contribution in [0.2, 0.25) is 0 Å². The number of para-hydroxylation sites is 2. The predicted molar refractivity (Wildman–Crippen MR) is 130 cm³/mol. The van der Waals surface area contributed by atoms with Crippen LogP contribution in [-0.4, -0.2) is 24.3 Å². The Balaban J connectivity index is 1.47. The fourth-order valence-corrected chi connectivity index (χ4v) is 4.87. The number of amides is 1. The van der Waals surface area contributed by atoms with Crippen LogP contribution < -0.4 is 14.6 Å². The number of carbonyl (C=O) groups excluding carboxylic acids is 1. The molecule has 34 heavy (non-hydrogen) atoms. The second-order valence-corrected chi connectivity index (χ2v) is 9.31. The summed E-state index contributed by atoms with van der Waals surface area (Å²) in [5.41, 5.74) is 2.90. The molecule has 5 rings (SSSR count). The summed E-state index contributed by atoms with van der Waals surface area (Å²) < 4.78 is 29.6. The lowest BCUT2D eigenvalue weighted by Crippen LogP contribution is -2.31. The molecule has 168 valence electrons. The first-order valence-electron chi connectivity index (χ1n) is 10.4. The summed E-state index contributed by atoms with van der Waals surface area (Å²) in [6.07, 6.45) is 2.89. The van der Waals surface area contributed by atoms with E-state index in [9.17, 15) is 13.2 Å². The van der Waals surface area contributed by atoms with Gasteiger partial charge in [0, 0.05) is 30.2 Å². The largest absolute Gasteiger partial charge is 0.322 e. The quantitative estimate of drug-likeness (QED) is 0.301. The fourth-order valence-electron chi connectivity index (χ4n) is 3.92. The van der Waals surface area contributed by atoms with Crippen LogP contribution in [-0.2, 0) is 17.1 Å². The van der Waals surface area contributed by atoms with Gasteiger partial charge < -0.3 is 5.32 Å². The van der Waals surface area contributed by atoms with Crippen molar-refractivity contribution in [2.24, 2.45) is 7.05 Å². The van der Waals surface area contributed by atoms with Gasteiger partial charge in [-0.1, -0.05) is 24.3 Å². The number of anilines is 2. The summed E-state index contributed by atoms with van der Waals surface area (Å²) in [5, 5.41) is 4.55. The molecule has 2 aromatic heterocycles. The van der Waals surface area contributed by atoms with Crippen molar-refractivity contribution in [1.29, 1.82) is 0 Å². The highest BCUT2D eigenvalue weighted by atomic mass is 32.2. The number of nitrogens with zero attached hydrogens (tertiary/aromatic N) is 3. The van der Waals surface area contributed by atoms with Crippen molar-refractivity contribution in [1.82, 2.24) is 9.97 Å². The maximum absolute atomic E-state index is 13.4. The van der Waals surface area contributed by atoms with Gasteiger partial charge in [0.15, 0.2) is 0 Å². The third-order valence-corrected chi connectivity index (χ3v) is 6.85. The van der Waals surface area contributed by atoms with E-state index in [1.54, 1.807) is 18.2 Å². The van der Waals surface area contributed by atoms with Gasteiger partial charge in [-0.3, -0.25) is 4.79 Å². The number of aromatic nitrogens is 3. The first kappa shape index (κ1) is 21.5. The maximum Gasteiger partial charge on any atom is 0.264 e. The van der Waals surface area contributed by atoms with Crippen molar-refractivity contribution in [3.05, 3.63) is 96.8 Å². The van der Waals surface area contributed by atoms with Gasteiger partial charge >= 0.3 is 0 Å². The lowest BCUT2D eigenvalue weighted by Gasteiger charge is -2.11. The standard InChI is InChI=1S/C25H19N5O3S/c1-30-21-9-4-2-7-19(21)23(20-8-3-5-10-22(20)30)24(31)28-17-11-13-18(14-12-17)34(32,33)29-25-26-15-6-16-27-25/h2-16H,1H3,(H-,26,27,28,29,31)/p+1. The number of hydrogen-bond acceptors (Lipinski definition) is 5. The normalized spacial score (nSPS) is 11.4. The maximum atomic E-state index is 13.4. The van der Waals surface area contributed by atoms with E-state index in [0.29, 0.717) is 11.3 Å². The topological polar surface area (TPSA) is 105 Å². The van der Waals surface area contributed by atoms with Crippen LogP contribution in [0.5, 0.6) is 0 Å². The van der Waals surface area contributed by atoms with Gasteiger partial charge in [0.1, 0.15) is 7.05 Å². The number of nitrogens with one attached hydrogen (secondary N) is 2. The van der Waals surface area contributed by atoms with Crippen molar-refractivity contribution < 1.29 is 17.8 Å². The molecule has 0 radical (unpaired) electrons. The number of sulfonamides is 1. The highest BCUT2D eigenvalue weighted by Gasteiger charge is 2.22. The third kappa shape index (κ3) is 3.93. The lowest BCUT2D eigenvalue weighted by atomic mass is 10.0. The highest BCUT2D eigenvalue weighted by molar-refractivity contribution is 7.92. The number of benzene rings is 3. The molecule has 0 saturated carbocycles. The Morgan fingerprint density at radius 3 is 1.94 bits per heavy atom. The van der Waals surface area contributed by atoms with Crippen LogP contribution in [0, 0.1) is 0 Å². The summed E-state index contributed by atoms with van der Waals surface area (Å²) in [4.78, 5) is 21.2. The summed E-state index contributed by atoms with van der Waals surface area (Å²) in [5.74, 6) is -0.296. The molecular weight excluding hydrogens is 450 g/mol. The molecule has 0 aliphatic heterocycles. The number of rotatable bonds is 5. The van der Waals surface area contributed by atoms with Crippen molar-refractivity contribution in [3.8, 4) is 0 Å². The van der Waals surface area contributed by atoms with Crippen molar-refractivity contribution in [2.75, 3.05) is 10.0 Å². The second-order valence-electron chi connectivity index (χ2n) is 7.62. The Labute approximate surface area is 196 Å². The number of carbonyl (C=O) groups is 1. The second kappa shape index (κ2) is 8.53. The molecule has 0 aliphatic rings. The van der Waals surface area contributed by atoms with Gasteiger partial charge in [-0.2, -0.15) is 4.57 Å². The number of hydrogen-bond donors (Lipinski definition) is 2. The van der Waals surface area contributed by atoms with Crippen LogP contribution in [0.3, 0.4) is 0 Å². The first-order valence-corrected chi connectivity index (χ1v) is 11.9. The molecule has 1 amide bonds. The predicted octanol–water partition coefficient (Wildman–Crippen LogP) is 3.66. The molecule has 0 fully saturated rings. The fraction of sp³-hybridized carbons (Fsp3) is 0.0400. The van der Waals surface area contributed by atoms with Crippen molar-refractivity contribution >= 4 is 49.4 Å². The first-order chi connectivity index (χ1) is 16.4. The molecule has 0 spiro atoms. The monoisotopic (exact) mass is 470 g/mol. The van der Waals surface area contributed by atoms with Crippen molar-refractivity contribution in [2.45, 2.75) is 4.90 Å². The Morgan fingerprint density at radius 2 is 1.35 bits per heavy atom. The average molecular weight is 471 g/mol. The summed E-state index contributed by atoms with van der Waals surface area (Å²) in [6, 6.07) is 23.0. The van der Waals surface area contributed by atoms with Gasteiger partial charge in [0.05, 0.1) is 21.2 Å². The SMILES string of the molecule is C[n+]1c2ccccc2c(C(=O)Nc2ccc(S(=O)(=O)Nc3ncccn3)cc2)c2ccccc21. The molecular formula is C25H20N5O3S+. The summed E-state index contributed by atoms with van der Waals surface area (Å²) in [7, 11) is -1.89. The Morgan fingerprint density at radius 1 is 0.794 bits per heavy atom. The molecule has 0 unspecified atom stereocenters. The van der Waals surface area contributed by atoms with Gasteiger partial charge in [0.2, 0.25) is 17.0 Å². The average Bonchev–Trinajstić information content (AvgIpc) is 2.85. The van der Waals surface area contributed by atoms with E-state index < -0.39 is 10.0 Å². The zero-order valence-corrected chi connectivity index (χ0v) is 19.0. The molecule has 2 N–H and O–H groups in total. The summed E-state index contributed by atoms with van der Waals surface area (Å²) >= 11 is 0. The van der Waals surface area contributed by atoms with E-state index in [-0.39, 0.29) is 16.8 Å².